The summed E-state index contributed by atoms with van der Waals surface area (Å²) in [5.41, 5.74) is 0.230. The molecule has 0 saturated heterocycles. The highest BCUT2D eigenvalue weighted by molar-refractivity contribution is 9.10. The number of benzene rings is 2. The molecule has 0 atom stereocenters. The molecule has 1 aromatic heterocycles. The van der Waals surface area contributed by atoms with E-state index >= 15 is 0 Å². The predicted molar refractivity (Wildman–Crippen MR) is 80.6 cm³/mol. The number of phenols is 3. The summed E-state index contributed by atoms with van der Waals surface area (Å²) in [6.07, 6.45) is 0. The molecular weight excluding hydrogens is 340 g/mol. The van der Waals surface area contributed by atoms with E-state index < -0.39 is 5.43 Å². The maximum atomic E-state index is 12.1. The molecule has 6 heteroatoms. The van der Waals surface area contributed by atoms with Crippen molar-refractivity contribution in [3.63, 3.8) is 0 Å². The SMILES string of the molecule is O=c1cc(-c2ccc(O)c(Br)c2)oc2cc(O)cc(O)c12. The first-order chi connectivity index (χ1) is 9.95. The third-order valence-corrected chi connectivity index (χ3v) is 3.66. The molecule has 3 aromatic rings. The normalized spacial score (nSPS) is 10.9. The van der Waals surface area contributed by atoms with E-state index in [1.165, 1.54) is 18.2 Å². The molecule has 3 N–H and O–H groups in total. The van der Waals surface area contributed by atoms with E-state index in [9.17, 15) is 20.1 Å². The first kappa shape index (κ1) is 13.5. The summed E-state index contributed by atoms with van der Waals surface area (Å²) in [5.74, 6) is -0.209. The minimum atomic E-state index is -0.423. The van der Waals surface area contributed by atoms with Crippen molar-refractivity contribution in [2.45, 2.75) is 0 Å². The van der Waals surface area contributed by atoms with Crippen LogP contribution in [0, 0.1) is 0 Å². The zero-order valence-electron chi connectivity index (χ0n) is 10.5. The van der Waals surface area contributed by atoms with Crippen molar-refractivity contribution >= 4 is 26.9 Å². The third kappa shape index (κ3) is 2.34. The van der Waals surface area contributed by atoms with Gasteiger partial charge in [-0.25, -0.2) is 0 Å². The second-order valence-corrected chi connectivity index (χ2v) is 5.33. The van der Waals surface area contributed by atoms with E-state index in [1.807, 2.05) is 0 Å². The molecule has 0 saturated carbocycles. The van der Waals surface area contributed by atoms with Crippen molar-refractivity contribution in [1.82, 2.24) is 0 Å². The molecule has 0 radical (unpaired) electrons. The monoisotopic (exact) mass is 348 g/mol. The van der Waals surface area contributed by atoms with Gasteiger partial charge in [0.25, 0.3) is 0 Å². The predicted octanol–water partition coefficient (Wildman–Crippen LogP) is 3.34. The fraction of sp³-hybridized carbons (Fsp3) is 0. The Balaban J connectivity index is 2.29. The lowest BCUT2D eigenvalue weighted by molar-refractivity contribution is 0.452. The van der Waals surface area contributed by atoms with Crippen LogP contribution in [-0.2, 0) is 0 Å². The summed E-state index contributed by atoms with van der Waals surface area (Å²) in [7, 11) is 0. The van der Waals surface area contributed by atoms with E-state index in [-0.39, 0.29) is 34.0 Å². The Labute approximate surface area is 126 Å². The van der Waals surface area contributed by atoms with Crippen LogP contribution < -0.4 is 5.43 Å². The Hall–Kier alpha value is -2.47. The summed E-state index contributed by atoms with van der Waals surface area (Å²) >= 11 is 3.19. The average Bonchev–Trinajstić information content (AvgIpc) is 2.40. The Morgan fingerprint density at radius 3 is 2.43 bits per heavy atom. The smallest absolute Gasteiger partial charge is 0.197 e. The van der Waals surface area contributed by atoms with Gasteiger partial charge in [-0.15, -0.1) is 0 Å². The second kappa shape index (κ2) is 4.82. The Bertz CT molecular complexity index is 914. The van der Waals surface area contributed by atoms with Crippen molar-refractivity contribution in [2.24, 2.45) is 0 Å². The van der Waals surface area contributed by atoms with Crippen LogP contribution in [0.15, 0.2) is 50.1 Å². The molecule has 5 nitrogen and oxygen atoms in total. The molecule has 2 aromatic carbocycles. The van der Waals surface area contributed by atoms with E-state index in [1.54, 1.807) is 12.1 Å². The molecule has 0 unspecified atom stereocenters. The highest BCUT2D eigenvalue weighted by Gasteiger charge is 2.12. The largest absolute Gasteiger partial charge is 0.508 e. The Morgan fingerprint density at radius 2 is 1.71 bits per heavy atom. The van der Waals surface area contributed by atoms with Gasteiger partial charge in [0.05, 0.1) is 4.47 Å². The lowest BCUT2D eigenvalue weighted by Gasteiger charge is -2.06. The lowest BCUT2D eigenvalue weighted by atomic mass is 10.1. The van der Waals surface area contributed by atoms with Crippen molar-refractivity contribution in [2.75, 3.05) is 0 Å². The zero-order valence-corrected chi connectivity index (χ0v) is 12.1. The van der Waals surface area contributed by atoms with Crippen LogP contribution in [0.2, 0.25) is 0 Å². The van der Waals surface area contributed by atoms with Crippen LogP contribution in [0.25, 0.3) is 22.3 Å². The molecule has 106 valence electrons. The number of aromatic hydroxyl groups is 3. The quantitative estimate of drug-likeness (QED) is 0.627. The van der Waals surface area contributed by atoms with Crippen molar-refractivity contribution in [3.8, 4) is 28.6 Å². The summed E-state index contributed by atoms with van der Waals surface area (Å²) in [6.45, 7) is 0. The van der Waals surface area contributed by atoms with Crippen LogP contribution in [0.1, 0.15) is 0 Å². The Morgan fingerprint density at radius 1 is 0.952 bits per heavy atom. The summed E-state index contributed by atoms with van der Waals surface area (Å²) in [6, 6.07) is 8.24. The maximum Gasteiger partial charge on any atom is 0.197 e. The van der Waals surface area contributed by atoms with Gasteiger partial charge in [-0.05, 0) is 34.1 Å². The number of hydrogen-bond donors (Lipinski definition) is 3. The third-order valence-electron chi connectivity index (χ3n) is 3.03. The number of halogens is 1. The number of phenolic OH excluding ortho intramolecular Hbond substituents is 3. The van der Waals surface area contributed by atoms with Gasteiger partial charge >= 0.3 is 0 Å². The molecule has 0 spiro atoms. The minimum absolute atomic E-state index is 0.00870. The van der Waals surface area contributed by atoms with Gasteiger partial charge in [-0.3, -0.25) is 4.79 Å². The number of rotatable bonds is 1. The molecule has 0 aliphatic carbocycles. The van der Waals surface area contributed by atoms with Crippen LogP contribution in [0.5, 0.6) is 17.2 Å². The van der Waals surface area contributed by atoms with Gasteiger partial charge in [0.15, 0.2) is 5.43 Å². The topological polar surface area (TPSA) is 90.9 Å². The molecule has 0 fully saturated rings. The van der Waals surface area contributed by atoms with Gasteiger partial charge in [0.2, 0.25) is 0 Å². The molecular formula is C15H9BrO5. The second-order valence-electron chi connectivity index (χ2n) is 4.48. The standard InChI is InChI=1S/C15H9BrO5/c16-9-3-7(1-2-10(9)18)13-6-12(20)15-11(19)4-8(17)5-14(15)21-13/h1-6,17-19H. The fourth-order valence-corrected chi connectivity index (χ4v) is 2.44. The van der Waals surface area contributed by atoms with E-state index in [4.69, 9.17) is 4.42 Å². The van der Waals surface area contributed by atoms with Crippen molar-refractivity contribution in [3.05, 3.63) is 51.1 Å². The van der Waals surface area contributed by atoms with E-state index in [0.29, 0.717) is 10.0 Å². The molecule has 1 heterocycles. The molecule has 0 amide bonds. The molecule has 0 bridgehead atoms. The molecule has 21 heavy (non-hydrogen) atoms. The van der Waals surface area contributed by atoms with E-state index in [0.717, 1.165) is 6.07 Å². The first-order valence-electron chi connectivity index (χ1n) is 5.94. The van der Waals surface area contributed by atoms with Crippen molar-refractivity contribution < 1.29 is 19.7 Å². The van der Waals surface area contributed by atoms with E-state index in [2.05, 4.69) is 15.9 Å². The molecule has 0 aliphatic heterocycles. The van der Waals surface area contributed by atoms with Gasteiger partial charge in [-0.2, -0.15) is 0 Å². The zero-order chi connectivity index (χ0) is 15.1. The van der Waals surface area contributed by atoms with Gasteiger partial charge in [0.1, 0.15) is 34.0 Å². The average molecular weight is 349 g/mol. The van der Waals surface area contributed by atoms with Crippen LogP contribution >= 0.6 is 15.9 Å². The highest BCUT2D eigenvalue weighted by atomic mass is 79.9. The fourth-order valence-electron chi connectivity index (χ4n) is 2.06. The molecule has 0 aliphatic rings. The number of hydrogen-bond acceptors (Lipinski definition) is 5. The lowest BCUT2D eigenvalue weighted by Crippen LogP contribution is -2.00. The highest BCUT2D eigenvalue weighted by Crippen LogP contribution is 2.33. The maximum absolute atomic E-state index is 12.1. The van der Waals surface area contributed by atoms with Crippen LogP contribution in [0.4, 0.5) is 0 Å². The minimum Gasteiger partial charge on any atom is -0.508 e. The van der Waals surface area contributed by atoms with Gasteiger partial charge in [0, 0.05) is 23.8 Å². The van der Waals surface area contributed by atoms with Crippen LogP contribution in [0.3, 0.4) is 0 Å². The summed E-state index contributed by atoms with van der Waals surface area (Å²) in [4.78, 5) is 12.1. The van der Waals surface area contributed by atoms with Crippen molar-refractivity contribution in [1.29, 1.82) is 0 Å². The summed E-state index contributed by atoms with van der Waals surface area (Å²) < 4.78 is 6.02. The number of fused-ring (bicyclic) bond motifs is 1. The Kier molecular flexibility index (Phi) is 3.10. The van der Waals surface area contributed by atoms with Gasteiger partial charge in [-0.1, -0.05) is 0 Å². The van der Waals surface area contributed by atoms with Crippen LogP contribution in [-0.4, -0.2) is 15.3 Å². The first-order valence-corrected chi connectivity index (χ1v) is 6.74. The summed E-state index contributed by atoms with van der Waals surface area (Å²) in [5, 5.41) is 28.7. The van der Waals surface area contributed by atoms with Gasteiger partial charge < -0.3 is 19.7 Å². The molecule has 3 rings (SSSR count).